The Morgan fingerprint density at radius 3 is 2.36 bits per heavy atom. The molecular weight excluding hydrogens is 322 g/mol. The summed E-state index contributed by atoms with van der Waals surface area (Å²) >= 11 is 1.85. The lowest BCUT2D eigenvalue weighted by Crippen LogP contribution is -2.29. The smallest absolute Gasteiger partial charge is 0.0512 e. The van der Waals surface area contributed by atoms with Gasteiger partial charge in [-0.1, -0.05) is 54.6 Å². The molecule has 5 rings (SSSR count). The van der Waals surface area contributed by atoms with Gasteiger partial charge in [0.2, 0.25) is 0 Å². The molecule has 0 saturated heterocycles. The van der Waals surface area contributed by atoms with Crippen molar-refractivity contribution in [1.82, 2.24) is 4.98 Å². The first kappa shape index (κ1) is 14.6. The van der Waals surface area contributed by atoms with Crippen molar-refractivity contribution in [1.29, 1.82) is 0 Å². The minimum Gasteiger partial charge on any atom is -0.265 e. The van der Waals surface area contributed by atoms with E-state index in [4.69, 9.17) is 0 Å². The van der Waals surface area contributed by atoms with Gasteiger partial charge in [-0.05, 0) is 57.8 Å². The summed E-state index contributed by atoms with van der Waals surface area (Å²) in [5.41, 5.74) is 6.77. The fraction of sp³-hybridized carbons (Fsp3) is 0.0870. The van der Waals surface area contributed by atoms with Crippen LogP contribution in [-0.2, 0) is 11.8 Å². The maximum absolute atomic E-state index is 4.20. The summed E-state index contributed by atoms with van der Waals surface area (Å²) in [6.07, 6.45) is 4.73. The third-order valence-electron chi connectivity index (χ3n) is 5.24. The maximum atomic E-state index is 4.20. The van der Waals surface area contributed by atoms with Gasteiger partial charge >= 0.3 is 0 Å². The molecule has 25 heavy (non-hydrogen) atoms. The Balaban J connectivity index is 1.83. The molecule has 2 heteroatoms. The number of nitrogens with zero attached hydrogens (tertiary/aromatic N) is 1. The van der Waals surface area contributed by atoms with Crippen molar-refractivity contribution >= 4 is 11.3 Å². The van der Waals surface area contributed by atoms with E-state index in [0.29, 0.717) is 0 Å². The number of thiophene rings is 1. The van der Waals surface area contributed by atoms with Gasteiger partial charge in [-0.15, -0.1) is 11.3 Å². The second-order valence-electron chi connectivity index (χ2n) is 6.51. The van der Waals surface area contributed by atoms with Crippen LogP contribution in [0.4, 0.5) is 0 Å². The molecule has 1 aliphatic carbocycles. The molecular formula is C23H17NS. The van der Waals surface area contributed by atoms with Gasteiger partial charge in [-0.25, -0.2) is 0 Å². The molecule has 0 fully saturated rings. The molecule has 0 N–H and O–H groups in total. The summed E-state index contributed by atoms with van der Waals surface area (Å²) < 4.78 is 0. The van der Waals surface area contributed by atoms with E-state index in [1.165, 1.54) is 32.7 Å². The normalized spacial score (nSPS) is 17.9. The monoisotopic (exact) mass is 339 g/mol. The Morgan fingerprint density at radius 2 is 1.52 bits per heavy atom. The number of fused-ring (bicyclic) bond motifs is 3. The van der Waals surface area contributed by atoms with E-state index in [2.05, 4.69) is 83.2 Å². The lowest BCUT2D eigenvalue weighted by molar-refractivity contribution is 0.630. The number of hydrogen-bond acceptors (Lipinski definition) is 2. The molecule has 2 aromatic carbocycles. The molecule has 1 unspecified atom stereocenters. The highest BCUT2D eigenvalue weighted by molar-refractivity contribution is 7.14. The fourth-order valence-electron chi connectivity index (χ4n) is 4.19. The molecule has 0 spiro atoms. The third kappa shape index (κ3) is 2.11. The van der Waals surface area contributed by atoms with Crippen LogP contribution >= 0.6 is 11.3 Å². The largest absolute Gasteiger partial charge is 0.265 e. The molecule has 120 valence electrons. The average Bonchev–Trinajstić information content (AvgIpc) is 3.26. The van der Waals surface area contributed by atoms with Gasteiger partial charge in [0.15, 0.2) is 0 Å². The summed E-state index contributed by atoms with van der Waals surface area (Å²) in [5, 5.41) is 2.23. The molecule has 1 nitrogen and oxygen atoms in total. The Kier molecular flexibility index (Phi) is 3.32. The molecule has 0 amide bonds. The predicted molar refractivity (Wildman–Crippen MR) is 104 cm³/mol. The van der Waals surface area contributed by atoms with Gasteiger partial charge in [0.1, 0.15) is 0 Å². The van der Waals surface area contributed by atoms with Crippen LogP contribution in [0.25, 0.3) is 10.4 Å². The first-order valence-corrected chi connectivity index (χ1v) is 9.40. The number of hydrogen-bond donors (Lipinski definition) is 0. The van der Waals surface area contributed by atoms with E-state index in [-0.39, 0.29) is 5.41 Å². The lowest BCUT2D eigenvalue weighted by atomic mass is 9.69. The molecule has 0 radical (unpaired) electrons. The van der Waals surface area contributed by atoms with Crippen LogP contribution in [-0.4, -0.2) is 4.98 Å². The third-order valence-corrected chi connectivity index (χ3v) is 6.19. The second-order valence-corrected chi connectivity index (χ2v) is 7.43. The van der Waals surface area contributed by atoms with Crippen LogP contribution in [0.1, 0.15) is 22.3 Å². The fourth-order valence-corrected chi connectivity index (χ4v) is 5.20. The number of aromatic nitrogens is 1. The first-order chi connectivity index (χ1) is 12.4. The SMILES string of the molecule is c1ccc(C2(Cc3ccncc3)c3ccccc3-c3sccc32)cc1. The summed E-state index contributed by atoms with van der Waals surface area (Å²) in [7, 11) is 0. The van der Waals surface area contributed by atoms with Crippen LogP contribution in [0.5, 0.6) is 0 Å². The van der Waals surface area contributed by atoms with E-state index >= 15 is 0 Å². The van der Waals surface area contributed by atoms with Gasteiger partial charge < -0.3 is 0 Å². The first-order valence-electron chi connectivity index (χ1n) is 8.52. The number of rotatable bonds is 3. The van der Waals surface area contributed by atoms with Crippen LogP contribution in [0.15, 0.2) is 90.6 Å². The molecule has 1 atom stereocenters. The van der Waals surface area contributed by atoms with Crippen molar-refractivity contribution in [3.05, 3.63) is 113 Å². The molecule has 0 bridgehead atoms. The number of pyridine rings is 1. The molecule has 2 aromatic heterocycles. The zero-order valence-corrected chi connectivity index (χ0v) is 14.5. The van der Waals surface area contributed by atoms with E-state index in [0.717, 1.165) is 6.42 Å². The Hall–Kier alpha value is -2.71. The van der Waals surface area contributed by atoms with Gasteiger partial charge in [-0.2, -0.15) is 0 Å². The Morgan fingerprint density at radius 1 is 0.760 bits per heavy atom. The topological polar surface area (TPSA) is 12.9 Å². The minimum absolute atomic E-state index is 0.130. The van der Waals surface area contributed by atoms with Crippen LogP contribution in [0.3, 0.4) is 0 Å². The standard InChI is InChI=1S/C23H17NS/c1-2-6-18(7-3-1)23(16-17-10-13-24-14-11-17)20-9-5-4-8-19(20)22-21(23)12-15-25-22/h1-15H,16H2. The molecule has 2 heterocycles. The van der Waals surface area contributed by atoms with Crippen molar-refractivity contribution < 1.29 is 0 Å². The lowest BCUT2D eigenvalue weighted by Gasteiger charge is -2.32. The van der Waals surface area contributed by atoms with Crippen molar-refractivity contribution in [2.24, 2.45) is 0 Å². The summed E-state index contributed by atoms with van der Waals surface area (Å²) in [4.78, 5) is 5.61. The quantitative estimate of drug-likeness (QED) is 0.466. The van der Waals surface area contributed by atoms with Crippen LogP contribution < -0.4 is 0 Å². The van der Waals surface area contributed by atoms with Crippen LogP contribution in [0.2, 0.25) is 0 Å². The zero-order chi connectivity index (χ0) is 16.7. The number of benzene rings is 2. The summed E-state index contributed by atoms with van der Waals surface area (Å²) in [6.45, 7) is 0. The molecule has 0 saturated carbocycles. The van der Waals surface area contributed by atoms with Crippen molar-refractivity contribution in [2.45, 2.75) is 11.8 Å². The Bertz CT molecular complexity index is 1020. The van der Waals surface area contributed by atoms with Gasteiger partial charge in [0, 0.05) is 17.3 Å². The highest BCUT2D eigenvalue weighted by Gasteiger charge is 2.45. The van der Waals surface area contributed by atoms with Crippen molar-refractivity contribution in [2.75, 3.05) is 0 Å². The Labute approximate surface area is 151 Å². The van der Waals surface area contributed by atoms with Crippen molar-refractivity contribution in [3.8, 4) is 10.4 Å². The highest BCUT2D eigenvalue weighted by atomic mass is 32.1. The van der Waals surface area contributed by atoms with E-state index in [1.807, 2.05) is 23.7 Å². The molecule has 4 aromatic rings. The average molecular weight is 339 g/mol. The van der Waals surface area contributed by atoms with E-state index in [9.17, 15) is 0 Å². The summed E-state index contributed by atoms with van der Waals surface area (Å²) in [6, 6.07) is 26.4. The van der Waals surface area contributed by atoms with Gasteiger partial charge in [0.05, 0.1) is 5.41 Å². The summed E-state index contributed by atoms with van der Waals surface area (Å²) in [5.74, 6) is 0. The molecule has 1 aliphatic rings. The van der Waals surface area contributed by atoms with E-state index in [1.54, 1.807) is 0 Å². The maximum Gasteiger partial charge on any atom is 0.0512 e. The zero-order valence-electron chi connectivity index (χ0n) is 13.7. The van der Waals surface area contributed by atoms with Crippen molar-refractivity contribution in [3.63, 3.8) is 0 Å². The highest BCUT2D eigenvalue weighted by Crippen LogP contribution is 2.55. The van der Waals surface area contributed by atoms with E-state index < -0.39 is 0 Å². The second kappa shape index (κ2) is 5.68. The minimum atomic E-state index is -0.130. The molecule has 0 aliphatic heterocycles. The van der Waals surface area contributed by atoms with Gasteiger partial charge in [0.25, 0.3) is 0 Å². The predicted octanol–water partition coefficient (Wildman–Crippen LogP) is 5.70. The van der Waals surface area contributed by atoms with Gasteiger partial charge in [-0.3, -0.25) is 4.98 Å². The van der Waals surface area contributed by atoms with Crippen LogP contribution in [0, 0.1) is 0 Å².